The minimum atomic E-state index is -0.184. The summed E-state index contributed by atoms with van der Waals surface area (Å²) in [5, 5.41) is 9.71. The van der Waals surface area contributed by atoms with E-state index in [0.29, 0.717) is 5.92 Å². The highest BCUT2D eigenvalue weighted by Crippen LogP contribution is 2.20. The van der Waals surface area contributed by atoms with Gasteiger partial charge in [0.25, 0.3) is 0 Å². The Kier molecular flexibility index (Phi) is 5.20. The Hall–Kier alpha value is -0.470. The zero-order chi connectivity index (χ0) is 11.3. The summed E-state index contributed by atoms with van der Waals surface area (Å²) in [6, 6.07) is 8.44. The molecule has 0 saturated carbocycles. The monoisotopic (exact) mass is 224 g/mol. The smallest absolute Gasteiger partial charge is 0.0636 e. The molecule has 0 aliphatic carbocycles. The summed E-state index contributed by atoms with van der Waals surface area (Å²) in [6.45, 7) is 6.36. The highest BCUT2D eigenvalue weighted by molar-refractivity contribution is 7.99. The third kappa shape index (κ3) is 5.24. The Morgan fingerprint density at radius 3 is 2.33 bits per heavy atom. The lowest BCUT2D eigenvalue weighted by Gasteiger charge is -2.12. The van der Waals surface area contributed by atoms with Gasteiger partial charge in [0.1, 0.15) is 0 Å². The molecule has 84 valence electrons. The fourth-order valence-electron chi connectivity index (χ4n) is 1.44. The second-order valence-electron chi connectivity index (χ2n) is 4.41. The Labute approximate surface area is 96.9 Å². The predicted molar refractivity (Wildman–Crippen MR) is 67.4 cm³/mol. The number of aliphatic hydroxyl groups is 1. The van der Waals surface area contributed by atoms with Crippen molar-refractivity contribution in [2.75, 3.05) is 5.75 Å². The molecule has 15 heavy (non-hydrogen) atoms. The third-order valence-corrected chi connectivity index (χ3v) is 3.36. The van der Waals surface area contributed by atoms with E-state index in [0.717, 1.165) is 12.2 Å². The number of hydrogen-bond donors (Lipinski definition) is 1. The van der Waals surface area contributed by atoms with Crippen LogP contribution in [0.4, 0.5) is 0 Å². The van der Waals surface area contributed by atoms with Crippen molar-refractivity contribution in [1.82, 2.24) is 0 Å². The van der Waals surface area contributed by atoms with Crippen molar-refractivity contribution in [2.24, 2.45) is 5.92 Å². The van der Waals surface area contributed by atoms with E-state index in [-0.39, 0.29) is 6.10 Å². The first kappa shape index (κ1) is 12.6. The summed E-state index contributed by atoms with van der Waals surface area (Å²) in [5.74, 6) is 1.36. The molecule has 2 heteroatoms. The first-order chi connectivity index (χ1) is 7.08. The molecule has 0 aliphatic rings. The molecule has 0 bridgehead atoms. The molecule has 0 saturated heterocycles. The fourth-order valence-corrected chi connectivity index (χ4v) is 2.29. The average Bonchev–Trinajstić information content (AvgIpc) is 2.16. The van der Waals surface area contributed by atoms with Crippen LogP contribution < -0.4 is 0 Å². The minimum absolute atomic E-state index is 0.184. The maximum Gasteiger partial charge on any atom is 0.0636 e. The average molecular weight is 224 g/mol. The lowest BCUT2D eigenvalue weighted by Crippen LogP contribution is -2.12. The van der Waals surface area contributed by atoms with Gasteiger partial charge < -0.3 is 5.11 Å². The molecule has 0 radical (unpaired) electrons. The van der Waals surface area contributed by atoms with E-state index in [1.165, 1.54) is 10.5 Å². The van der Waals surface area contributed by atoms with Crippen molar-refractivity contribution in [3.63, 3.8) is 0 Å². The predicted octanol–water partition coefficient (Wildman–Crippen LogP) is 3.49. The fraction of sp³-hybridized carbons (Fsp3) is 0.538. The van der Waals surface area contributed by atoms with Crippen LogP contribution in [-0.4, -0.2) is 17.0 Å². The second kappa shape index (κ2) is 6.19. The van der Waals surface area contributed by atoms with E-state index in [4.69, 9.17) is 0 Å². The molecule has 0 spiro atoms. The van der Waals surface area contributed by atoms with Crippen LogP contribution in [0.1, 0.15) is 25.8 Å². The van der Waals surface area contributed by atoms with Crippen LogP contribution in [0.15, 0.2) is 29.2 Å². The van der Waals surface area contributed by atoms with Crippen molar-refractivity contribution in [3.05, 3.63) is 29.8 Å². The van der Waals surface area contributed by atoms with Crippen LogP contribution in [0, 0.1) is 12.8 Å². The van der Waals surface area contributed by atoms with E-state index >= 15 is 0 Å². The van der Waals surface area contributed by atoms with Crippen molar-refractivity contribution in [1.29, 1.82) is 0 Å². The van der Waals surface area contributed by atoms with Crippen molar-refractivity contribution >= 4 is 11.8 Å². The van der Waals surface area contributed by atoms with Gasteiger partial charge in [0, 0.05) is 10.6 Å². The highest BCUT2D eigenvalue weighted by atomic mass is 32.2. The van der Waals surface area contributed by atoms with Crippen LogP contribution in [0.3, 0.4) is 0 Å². The largest absolute Gasteiger partial charge is 0.392 e. The number of aryl methyl sites for hydroxylation is 1. The first-order valence-electron chi connectivity index (χ1n) is 5.45. The normalized spacial score (nSPS) is 13.1. The molecule has 0 unspecified atom stereocenters. The number of aliphatic hydroxyl groups excluding tert-OH is 1. The summed E-state index contributed by atoms with van der Waals surface area (Å²) in [7, 11) is 0. The molecule has 0 heterocycles. The number of rotatable bonds is 5. The van der Waals surface area contributed by atoms with Crippen LogP contribution in [0.2, 0.25) is 0 Å². The molecule has 1 nitrogen and oxygen atoms in total. The second-order valence-corrected chi connectivity index (χ2v) is 5.50. The number of benzene rings is 1. The first-order valence-corrected chi connectivity index (χ1v) is 6.44. The summed E-state index contributed by atoms with van der Waals surface area (Å²) in [5.41, 5.74) is 1.28. The zero-order valence-corrected chi connectivity index (χ0v) is 10.6. The van der Waals surface area contributed by atoms with Crippen LogP contribution in [0.5, 0.6) is 0 Å². The van der Waals surface area contributed by atoms with E-state index in [2.05, 4.69) is 45.0 Å². The zero-order valence-electron chi connectivity index (χ0n) is 9.73. The van der Waals surface area contributed by atoms with Gasteiger partial charge in [0.05, 0.1) is 6.10 Å². The van der Waals surface area contributed by atoms with Crippen molar-refractivity contribution < 1.29 is 5.11 Å². The van der Waals surface area contributed by atoms with Gasteiger partial charge in [-0.1, -0.05) is 31.5 Å². The Bertz CT molecular complexity index is 279. The maximum atomic E-state index is 9.71. The van der Waals surface area contributed by atoms with Gasteiger partial charge in [0.15, 0.2) is 0 Å². The molecule has 1 rings (SSSR count). The highest BCUT2D eigenvalue weighted by Gasteiger charge is 2.07. The molecular formula is C13H20OS. The number of hydrogen-bond acceptors (Lipinski definition) is 2. The minimum Gasteiger partial charge on any atom is -0.392 e. The molecule has 0 fully saturated rings. The summed E-state index contributed by atoms with van der Waals surface area (Å²) >= 11 is 1.73. The van der Waals surface area contributed by atoms with Gasteiger partial charge >= 0.3 is 0 Å². The van der Waals surface area contributed by atoms with Crippen LogP contribution >= 0.6 is 11.8 Å². The van der Waals surface area contributed by atoms with Gasteiger partial charge in [-0.25, -0.2) is 0 Å². The van der Waals surface area contributed by atoms with E-state index < -0.39 is 0 Å². The maximum absolute atomic E-state index is 9.71. The molecule has 1 aromatic carbocycles. The van der Waals surface area contributed by atoms with Crippen molar-refractivity contribution in [3.8, 4) is 0 Å². The van der Waals surface area contributed by atoms with Gasteiger partial charge in [-0.2, -0.15) is 0 Å². The lowest BCUT2D eigenvalue weighted by molar-refractivity contribution is 0.172. The standard InChI is InChI=1S/C13H20OS/c1-10(2)8-12(14)9-15-13-6-4-11(3)5-7-13/h4-7,10,12,14H,8-9H2,1-3H3/t12-/m0/s1. The summed E-state index contributed by atoms with van der Waals surface area (Å²) < 4.78 is 0. The van der Waals surface area contributed by atoms with E-state index in [1.807, 2.05) is 0 Å². The Morgan fingerprint density at radius 1 is 1.20 bits per heavy atom. The summed E-state index contributed by atoms with van der Waals surface area (Å²) in [4.78, 5) is 1.24. The molecule has 1 N–H and O–H groups in total. The molecule has 1 atom stereocenters. The lowest BCUT2D eigenvalue weighted by atomic mass is 10.1. The van der Waals surface area contributed by atoms with E-state index in [1.54, 1.807) is 11.8 Å². The summed E-state index contributed by atoms with van der Waals surface area (Å²) in [6.07, 6.45) is 0.704. The molecule has 1 aromatic rings. The van der Waals surface area contributed by atoms with Gasteiger partial charge in [-0.15, -0.1) is 11.8 Å². The van der Waals surface area contributed by atoms with Crippen molar-refractivity contribution in [2.45, 2.75) is 38.2 Å². The van der Waals surface area contributed by atoms with Crippen LogP contribution in [-0.2, 0) is 0 Å². The quantitative estimate of drug-likeness (QED) is 0.773. The molecule has 0 amide bonds. The molecule has 0 aliphatic heterocycles. The van der Waals surface area contributed by atoms with E-state index in [9.17, 15) is 5.11 Å². The van der Waals surface area contributed by atoms with Crippen LogP contribution in [0.25, 0.3) is 0 Å². The van der Waals surface area contributed by atoms with Gasteiger partial charge in [-0.05, 0) is 31.4 Å². The SMILES string of the molecule is Cc1ccc(SC[C@@H](O)CC(C)C)cc1. The Balaban J connectivity index is 2.33. The third-order valence-electron chi connectivity index (χ3n) is 2.21. The molecule has 0 aromatic heterocycles. The molecular weight excluding hydrogens is 204 g/mol. The Morgan fingerprint density at radius 2 is 1.80 bits per heavy atom. The van der Waals surface area contributed by atoms with Gasteiger partial charge in [-0.3, -0.25) is 0 Å². The number of thioether (sulfide) groups is 1. The topological polar surface area (TPSA) is 20.2 Å². The van der Waals surface area contributed by atoms with Gasteiger partial charge in [0.2, 0.25) is 0 Å².